The Labute approximate surface area is 126 Å². The molecule has 0 saturated heterocycles. The lowest BCUT2D eigenvalue weighted by molar-refractivity contribution is -0.120. The normalized spacial score (nSPS) is 14.1. The summed E-state index contributed by atoms with van der Waals surface area (Å²) in [5, 5.41) is 2.96. The fourth-order valence-corrected chi connectivity index (χ4v) is 2.65. The van der Waals surface area contributed by atoms with E-state index in [1.54, 1.807) is 17.8 Å². The number of nitrogens with one attached hydrogen (secondary N) is 1. The minimum atomic E-state index is -0.182. The molecule has 1 aromatic carbocycles. The van der Waals surface area contributed by atoms with Gasteiger partial charge in [-0.2, -0.15) is 11.8 Å². The predicted octanol–water partition coefficient (Wildman–Crippen LogP) is 2.59. The Hall–Kier alpha value is -1.20. The SMILES string of the molecule is CSCC(C)N(C)C(C)C(=O)Nc1cc(N)ccc1C. The van der Waals surface area contributed by atoms with E-state index in [-0.39, 0.29) is 11.9 Å². The van der Waals surface area contributed by atoms with E-state index in [9.17, 15) is 4.79 Å². The summed E-state index contributed by atoms with van der Waals surface area (Å²) in [6.07, 6.45) is 2.07. The second-order valence-corrected chi connectivity index (χ2v) is 6.12. The van der Waals surface area contributed by atoms with Crippen molar-refractivity contribution in [3.63, 3.8) is 0 Å². The second-order valence-electron chi connectivity index (χ2n) is 5.21. The van der Waals surface area contributed by atoms with Crippen LogP contribution >= 0.6 is 11.8 Å². The summed E-state index contributed by atoms with van der Waals surface area (Å²) >= 11 is 1.79. The first-order valence-corrected chi connectivity index (χ1v) is 8.14. The average molecular weight is 295 g/mol. The first-order valence-electron chi connectivity index (χ1n) is 6.74. The molecule has 0 bridgehead atoms. The van der Waals surface area contributed by atoms with E-state index in [1.165, 1.54) is 0 Å². The van der Waals surface area contributed by atoms with Gasteiger partial charge in [0.15, 0.2) is 0 Å². The second kappa shape index (κ2) is 7.55. The Balaban J connectivity index is 2.72. The van der Waals surface area contributed by atoms with Crippen LogP contribution in [0.25, 0.3) is 0 Å². The summed E-state index contributed by atoms with van der Waals surface area (Å²) < 4.78 is 0. The molecule has 0 aliphatic heterocycles. The van der Waals surface area contributed by atoms with Crippen molar-refractivity contribution in [3.05, 3.63) is 23.8 Å². The number of hydrogen-bond donors (Lipinski definition) is 2. The molecule has 0 aliphatic rings. The van der Waals surface area contributed by atoms with Gasteiger partial charge in [0.1, 0.15) is 0 Å². The van der Waals surface area contributed by atoms with Crippen LogP contribution < -0.4 is 11.1 Å². The summed E-state index contributed by atoms with van der Waals surface area (Å²) in [5.74, 6) is 1.000. The van der Waals surface area contributed by atoms with E-state index < -0.39 is 0 Å². The monoisotopic (exact) mass is 295 g/mol. The summed E-state index contributed by atoms with van der Waals surface area (Å²) in [4.78, 5) is 14.4. The van der Waals surface area contributed by atoms with Crippen molar-refractivity contribution >= 4 is 29.0 Å². The minimum Gasteiger partial charge on any atom is -0.399 e. The number of rotatable bonds is 6. The van der Waals surface area contributed by atoms with Gasteiger partial charge in [0.25, 0.3) is 0 Å². The van der Waals surface area contributed by atoms with E-state index in [4.69, 9.17) is 5.73 Å². The Morgan fingerprint density at radius 1 is 1.45 bits per heavy atom. The third-order valence-electron chi connectivity index (χ3n) is 3.61. The lowest BCUT2D eigenvalue weighted by atomic mass is 10.1. The zero-order chi connectivity index (χ0) is 15.3. The highest BCUT2D eigenvalue weighted by Gasteiger charge is 2.22. The number of carbonyl (C=O) groups excluding carboxylic acids is 1. The number of carbonyl (C=O) groups is 1. The van der Waals surface area contributed by atoms with Crippen LogP contribution in [0.3, 0.4) is 0 Å². The van der Waals surface area contributed by atoms with E-state index in [0.29, 0.717) is 11.7 Å². The molecule has 0 aromatic heterocycles. The highest BCUT2D eigenvalue weighted by molar-refractivity contribution is 7.98. The minimum absolute atomic E-state index is 0.00541. The quantitative estimate of drug-likeness (QED) is 0.792. The van der Waals surface area contributed by atoms with Crippen molar-refractivity contribution in [2.45, 2.75) is 32.9 Å². The van der Waals surface area contributed by atoms with Gasteiger partial charge in [0.2, 0.25) is 5.91 Å². The molecule has 4 nitrogen and oxygen atoms in total. The number of anilines is 2. The van der Waals surface area contributed by atoms with Crippen LogP contribution in [-0.4, -0.2) is 41.9 Å². The van der Waals surface area contributed by atoms with Crippen LogP contribution in [0.1, 0.15) is 19.4 Å². The van der Waals surface area contributed by atoms with Gasteiger partial charge in [0, 0.05) is 23.2 Å². The van der Waals surface area contributed by atoms with E-state index >= 15 is 0 Å². The lowest BCUT2D eigenvalue weighted by Gasteiger charge is -2.29. The number of amides is 1. The molecule has 3 N–H and O–H groups in total. The number of benzene rings is 1. The van der Waals surface area contributed by atoms with Gasteiger partial charge < -0.3 is 11.1 Å². The Morgan fingerprint density at radius 2 is 2.10 bits per heavy atom. The summed E-state index contributed by atoms with van der Waals surface area (Å²) in [5.41, 5.74) is 8.22. The molecule has 0 heterocycles. The number of likely N-dealkylation sites (N-methyl/N-ethyl adjacent to an activating group) is 1. The Morgan fingerprint density at radius 3 is 2.70 bits per heavy atom. The number of nitrogen functional groups attached to an aromatic ring is 1. The fraction of sp³-hybridized carbons (Fsp3) is 0.533. The van der Waals surface area contributed by atoms with Crippen LogP contribution in [-0.2, 0) is 4.79 Å². The van der Waals surface area contributed by atoms with Gasteiger partial charge >= 0.3 is 0 Å². The smallest absolute Gasteiger partial charge is 0.241 e. The lowest BCUT2D eigenvalue weighted by Crippen LogP contribution is -2.45. The molecule has 5 heteroatoms. The molecule has 0 fully saturated rings. The van der Waals surface area contributed by atoms with Gasteiger partial charge in [-0.15, -0.1) is 0 Å². The highest BCUT2D eigenvalue weighted by Crippen LogP contribution is 2.19. The molecule has 1 rings (SSSR count). The van der Waals surface area contributed by atoms with Crippen LogP contribution in [0, 0.1) is 6.92 Å². The molecule has 1 aromatic rings. The molecule has 1 amide bonds. The largest absolute Gasteiger partial charge is 0.399 e. The van der Waals surface area contributed by atoms with Crippen molar-refractivity contribution in [1.29, 1.82) is 0 Å². The van der Waals surface area contributed by atoms with Crippen molar-refractivity contribution in [1.82, 2.24) is 4.90 Å². The zero-order valence-corrected chi connectivity index (χ0v) is 13.8. The van der Waals surface area contributed by atoms with Crippen LogP contribution in [0.5, 0.6) is 0 Å². The maximum atomic E-state index is 12.3. The molecule has 20 heavy (non-hydrogen) atoms. The van der Waals surface area contributed by atoms with Gasteiger partial charge in [-0.1, -0.05) is 6.07 Å². The third-order valence-corrected chi connectivity index (χ3v) is 4.43. The molecule has 0 saturated carbocycles. The van der Waals surface area contributed by atoms with E-state index in [2.05, 4.69) is 23.4 Å². The number of hydrogen-bond acceptors (Lipinski definition) is 4. The summed E-state index contributed by atoms with van der Waals surface area (Å²) in [6, 6.07) is 5.72. The van der Waals surface area contributed by atoms with Gasteiger partial charge in [-0.3, -0.25) is 9.69 Å². The standard InChI is InChI=1S/C15H25N3OS/c1-10-6-7-13(16)8-14(10)17-15(19)12(3)18(4)11(2)9-20-5/h6-8,11-12H,9,16H2,1-5H3,(H,17,19). The van der Waals surface area contributed by atoms with Crippen molar-refractivity contribution in [2.75, 3.05) is 30.1 Å². The number of thioether (sulfide) groups is 1. The molecule has 112 valence electrons. The third kappa shape index (κ3) is 4.42. The first-order chi connectivity index (χ1) is 9.36. The topological polar surface area (TPSA) is 58.4 Å². The maximum absolute atomic E-state index is 12.3. The van der Waals surface area contributed by atoms with Crippen molar-refractivity contribution in [3.8, 4) is 0 Å². The Kier molecular flexibility index (Phi) is 6.36. The van der Waals surface area contributed by atoms with Crippen LogP contribution in [0.4, 0.5) is 11.4 Å². The zero-order valence-electron chi connectivity index (χ0n) is 12.9. The van der Waals surface area contributed by atoms with Gasteiger partial charge in [0.05, 0.1) is 6.04 Å². The molecule has 0 spiro atoms. The highest BCUT2D eigenvalue weighted by atomic mass is 32.2. The van der Waals surface area contributed by atoms with E-state index in [1.807, 2.05) is 33.0 Å². The fourth-order valence-electron chi connectivity index (χ4n) is 1.94. The number of nitrogens with zero attached hydrogens (tertiary/aromatic N) is 1. The maximum Gasteiger partial charge on any atom is 0.241 e. The molecule has 0 radical (unpaired) electrons. The summed E-state index contributed by atoms with van der Waals surface area (Å²) in [6.45, 7) is 6.01. The van der Waals surface area contributed by atoms with Crippen molar-refractivity contribution in [2.24, 2.45) is 0 Å². The predicted molar refractivity (Wildman–Crippen MR) is 89.3 cm³/mol. The average Bonchev–Trinajstić information content (AvgIpc) is 2.41. The van der Waals surface area contributed by atoms with Gasteiger partial charge in [-0.25, -0.2) is 0 Å². The molecule has 0 aliphatic carbocycles. The molecule has 2 unspecified atom stereocenters. The van der Waals surface area contributed by atoms with E-state index in [0.717, 1.165) is 17.0 Å². The van der Waals surface area contributed by atoms with Crippen LogP contribution in [0.2, 0.25) is 0 Å². The molecular formula is C15H25N3OS. The number of nitrogens with two attached hydrogens (primary N) is 1. The molecular weight excluding hydrogens is 270 g/mol. The van der Waals surface area contributed by atoms with Crippen LogP contribution in [0.15, 0.2) is 18.2 Å². The van der Waals surface area contributed by atoms with Crippen molar-refractivity contribution < 1.29 is 4.79 Å². The molecule has 2 atom stereocenters. The number of aryl methyl sites for hydroxylation is 1. The first kappa shape index (κ1) is 16.9. The van der Waals surface area contributed by atoms with Gasteiger partial charge in [-0.05, 0) is 51.8 Å². The Bertz CT molecular complexity index is 464. The summed E-state index contributed by atoms with van der Waals surface area (Å²) in [7, 11) is 1.98.